The van der Waals surface area contributed by atoms with Gasteiger partial charge in [0.1, 0.15) is 11.5 Å². The van der Waals surface area contributed by atoms with E-state index in [9.17, 15) is 28.1 Å². The van der Waals surface area contributed by atoms with Gasteiger partial charge in [0.05, 0.1) is 12.0 Å². The number of alkyl halides is 3. The normalized spacial score (nSPS) is 10.8. The largest absolute Gasteiger partial charge is 0.573 e. The number of rotatable bonds is 7. The molecule has 1 N–H and O–H groups in total. The average molecular weight is 386 g/mol. The van der Waals surface area contributed by atoms with Crippen molar-refractivity contribution in [3.63, 3.8) is 0 Å². The van der Waals surface area contributed by atoms with Gasteiger partial charge in [-0.05, 0) is 30.3 Å². The zero-order chi connectivity index (χ0) is 20.0. The van der Waals surface area contributed by atoms with E-state index >= 15 is 0 Å². The van der Waals surface area contributed by atoms with E-state index in [1.54, 1.807) is 0 Å². The van der Waals surface area contributed by atoms with Crippen LogP contribution < -0.4 is 19.5 Å². The third-order valence-electron chi connectivity index (χ3n) is 3.09. The quantitative estimate of drug-likeness (QED) is 0.577. The van der Waals surface area contributed by atoms with Gasteiger partial charge in [0, 0.05) is 17.8 Å². The molecule has 0 unspecified atom stereocenters. The van der Waals surface area contributed by atoms with Crippen molar-refractivity contribution < 1.29 is 37.1 Å². The molecule has 0 saturated carbocycles. The Kier molecular flexibility index (Phi) is 6.06. The van der Waals surface area contributed by atoms with Gasteiger partial charge < -0.3 is 19.5 Å². The Morgan fingerprint density at radius 1 is 1.15 bits per heavy atom. The van der Waals surface area contributed by atoms with Crippen LogP contribution in [0.5, 0.6) is 17.2 Å². The van der Waals surface area contributed by atoms with Crippen molar-refractivity contribution >= 4 is 17.3 Å². The van der Waals surface area contributed by atoms with Gasteiger partial charge in [-0.25, -0.2) is 0 Å². The number of hydrogen-bond acceptors (Lipinski definition) is 6. The van der Waals surface area contributed by atoms with E-state index in [-0.39, 0.29) is 22.9 Å². The first kappa shape index (κ1) is 19.8. The lowest BCUT2D eigenvalue weighted by atomic mass is 10.3. The van der Waals surface area contributed by atoms with E-state index < -0.39 is 29.5 Å². The number of benzene rings is 2. The number of nitro benzene ring substituents is 1. The SMILES string of the molecule is COc1cc(OCC(=O)Nc2ccc(OC(F)(F)F)cc2)ccc1[N+](=O)[O-]. The summed E-state index contributed by atoms with van der Waals surface area (Å²) < 4.78 is 50.1. The van der Waals surface area contributed by atoms with Crippen molar-refractivity contribution in [3.05, 3.63) is 52.6 Å². The molecule has 2 aromatic rings. The lowest BCUT2D eigenvalue weighted by molar-refractivity contribution is -0.385. The summed E-state index contributed by atoms with van der Waals surface area (Å²) in [5.41, 5.74) is -0.0186. The molecular formula is C16H13F3N2O6. The summed E-state index contributed by atoms with van der Waals surface area (Å²) in [4.78, 5) is 22.0. The molecule has 27 heavy (non-hydrogen) atoms. The van der Waals surface area contributed by atoms with Crippen molar-refractivity contribution in [2.75, 3.05) is 19.0 Å². The Morgan fingerprint density at radius 3 is 2.33 bits per heavy atom. The number of carbonyl (C=O) groups is 1. The first-order valence-electron chi connectivity index (χ1n) is 7.29. The van der Waals surface area contributed by atoms with Gasteiger partial charge in [-0.15, -0.1) is 13.2 Å². The Hall–Kier alpha value is -3.50. The molecule has 0 spiro atoms. The molecule has 0 atom stereocenters. The number of carbonyl (C=O) groups excluding carboxylic acids is 1. The highest BCUT2D eigenvalue weighted by Gasteiger charge is 2.30. The van der Waals surface area contributed by atoms with Crippen LogP contribution in [0, 0.1) is 10.1 Å². The minimum absolute atomic E-state index is 0.0295. The molecule has 144 valence electrons. The van der Waals surface area contributed by atoms with Gasteiger partial charge in [-0.3, -0.25) is 14.9 Å². The maximum Gasteiger partial charge on any atom is 0.573 e. The van der Waals surface area contributed by atoms with Crippen molar-refractivity contribution in [2.45, 2.75) is 6.36 Å². The molecule has 0 saturated heterocycles. The number of ether oxygens (including phenoxy) is 3. The fraction of sp³-hybridized carbons (Fsp3) is 0.188. The number of nitro groups is 1. The van der Waals surface area contributed by atoms with Crippen LogP contribution in [0.25, 0.3) is 0 Å². The lowest BCUT2D eigenvalue weighted by Crippen LogP contribution is -2.20. The Bertz CT molecular complexity index is 824. The second-order valence-corrected chi connectivity index (χ2v) is 5.00. The van der Waals surface area contributed by atoms with E-state index in [0.29, 0.717) is 0 Å². The third kappa shape index (κ3) is 6.06. The van der Waals surface area contributed by atoms with E-state index in [1.807, 2.05) is 0 Å². The van der Waals surface area contributed by atoms with Crippen LogP contribution >= 0.6 is 0 Å². The van der Waals surface area contributed by atoms with Crippen LogP contribution in [-0.2, 0) is 4.79 Å². The molecule has 0 radical (unpaired) electrons. The van der Waals surface area contributed by atoms with Gasteiger partial charge in [0.25, 0.3) is 5.91 Å². The number of amides is 1. The summed E-state index contributed by atoms with van der Waals surface area (Å²) >= 11 is 0. The highest BCUT2D eigenvalue weighted by atomic mass is 19.4. The number of anilines is 1. The lowest BCUT2D eigenvalue weighted by Gasteiger charge is -2.11. The predicted molar refractivity (Wildman–Crippen MR) is 86.9 cm³/mol. The van der Waals surface area contributed by atoms with E-state index in [2.05, 4.69) is 10.1 Å². The minimum Gasteiger partial charge on any atom is -0.490 e. The molecule has 0 aliphatic carbocycles. The van der Waals surface area contributed by atoms with Gasteiger partial charge >= 0.3 is 12.0 Å². The summed E-state index contributed by atoms with van der Waals surface area (Å²) in [5, 5.41) is 13.2. The molecule has 0 aliphatic rings. The predicted octanol–water partition coefficient (Wildman–Crippen LogP) is 3.52. The molecule has 0 aromatic heterocycles. The van der Waals surface area contributed by atoms with Crippen LogP contribution in [-0.4, -0.2) is 30.9 Å². The zero-order valence-electron chi connectivity index (χ0n) is 13.8. The van der Waals surface area contributed by atoms with Crippen molar-refractivity contribution in [3.8, 4) is 17.2 Å². The summed E-state index contributed by atoms with van der Waals surface area (Å²) in [6.45, 7) is -0.429. The highest BCUT2D eigenvalue weighted by molar-refractivity contribution is 5.91. The van der Waals surface area contributed by atoms with Crippen LogP contribution in [0.2, 0.25) is 0 Å². The summed E-state index contributed by atoms with van der Waals surface area (Å²) in [6.07, 6.45) is -4.80. The summed E-state index contributed by atoms with van der Waals surface area (Å²) in [7, 11) is 1.25. The number of methoxy groups -OCH3 is 1. The Morgan fingerprint density at radius 2 is 1.78 bits per heavy atom. The molecule has 1 amide bonds. The average Bonchev–Trinajstić information content (AvgIpc) is 2.60. The maximum atomic E-state index is 12.1. The molecule has 0 heterocycles. The molecule has 0 bridgehead atoms. The minimum atomic E-state index is -4.80. The maximum absolute atomic E-state index is 12.1. The Balaban J connectivity index is 1.92. The number of hydrogen-bond donors (Lipinski definition) is 1. The smallest absolute Gasteiger partial charge is 0.490 e. The first-order valence-corrected chi connectivity index (χ1v) is 7.29. The third-order valence-corrected chi connectivity index (χ3v) is 3.09. The monoisotopic (exact) mass is 386 g/mol. The fourth-order valence-electron chi connectivity index (χ4n) is 1.98. The molecule has 2 aromatic carbocycles. The standard InChI is InChI=1S/C16H13F3N2O6/c1-25-14-8-12(6-7-13(14)21(23)24)26-9-15(22)20-10-2-4-11(5-3-10)27-16(17,18)19/h2-8H,9H2,1H3,(H,20,22). The van der Waals surface area contributed by atoms with E-state index in [0.717, 1.165) is 12.1 Å². The van der Waals surface area contributed by atoms with E-state index in [1.165, 1.54) is 37.4 Å². The summed E-state index contributed by atoms with van der Waals surface area (Å²) in [5.74, 6) is -0.869. The molecule has 0 fully saturated rings. The molecule has 0 aliphatic heterocycles. The van der Waals surface area contributed by atoms with Gasteiger partial charge in [0.15, 0.2) is 6.61 Å². The van der Waals surface area contributed by atoms with Gasteiger partial charge in [-0.1, -0.05) is 0 Å². The number of nitrogens with zero attached hydrogens (tertiary/aromatic N) is 1. The number of nitrogens with one attached hydrogen (secondary N) is 1. The second-order valence-electron chi connectivity index (χ2n) is 5.00. The van der Waals surface area contributed by atoms with Crippen LogP contribution in [0.1, 0.15) is 0 Å². The van der Waals surface area contributed by atoms with Crippen molar-refractivity contribution in [1.29, 1.82) is 0 Å². The van der Waals surface area contributed by atoms with Crippen LogP contribution in [0.3, 0.4) is 0 Å². The first-order chi connectivity index (χ1) is 12.7. The summed E-state index contributed by atoms with van der Waals surface area (Å²) in [6, 6.07) is 8.29. The molecular weight excluding hydrogens is 373 g/mol. The second kappa shape index (κ2) is 8.25. The molecule has 2 rings (SSSR count). The zero-order valence-corrected chi connectivity index (χ0v) is 13.8. The Labute approximate surface area is 150 Å². The molecule has 8 nitrogen and oxygen atoms in total. The van der Waals surface area contributed by atoms with Crippen molar-refractivity contribution in [2.24, 2.45) is 0 Å². The fourth-order valence-corrected chi connectivity index (χ4v) is 1.98. The number of halogens is 3. The van der Waals surface area contributed by atoms with E-state index in [4.69, 9.17) is 9.47 Å². The van der Waals surface area contributed by atoms with Crippen molar-refractivity contribution in [1.82, 2.24) is 0 Å². The highest BCUT2D eigenvalue weighted by Crippen LogP contribution is 2.30. The molecule has 11 heteroatoms. The van der Waals surface area contributed by atoms with Gasteiger partial charge in [-0.2, -0.15) is 0 Å². The van der Waals surface area contributed by atoms with Crippen LogP contribution in [0.4, 0.5) is 24.5 Å². The van der Waals surface area contributed by atoms with Crippen LogP contribution in [0.15, 0.2) is 42.5 Å². The topological polar surface area (TPSA) is 99.9 Å². The van der Waals surface area contributed by atoms with Gasteiger partial charge in [0.2, 0.25) is 5.75 Å².